The quantitative estimate of drug-likeness (QED) is 0.680. The summed E-state index contributed by atoms with van der Waals surface area (Å²) in [6.07, 6.45) is 3.29. The lowest BCUT2D eigenvalue weighted by Gasteiger charge is -2.23. The van der Waals surface area contributed by atoms with E-state index in [9.17, 15) is 14.0 Å². The van der Waals surface area contributed by atoms with Gasteiger partial charge in [-0.3, -0.25) is 9.59 Å². The highest BCUT2D eigenvalue weighted by molar-refractivity contribution is 5.82. The van der Waals surface area contributed by atoms with Crippen LogP contribution in [-0.2, 0) is 16.0 Å². The second kappa shape index (κ2) is 7.30. The molecular formula is C18H24FN3O2. The zero-order valence-corrected chi connectivity index (χ0v) is 13.7. The summed E-state index contributed by atoms with van der Waals surface area (Å²) in [5.74, 6) is -0.265. The SMILES string of the molecule is O=C(Cc1cccc(F)c1)NCCNC(=O)C1CC12CCNCC2. The molecule has 2 aliphatic rings. The Labute approximate surface area is 141 Å². The van der Waals surface area contributed by atoms with Crippen molar-refractivity contribution < 1.29 is 14.0 Å². The fraction of sp³-hybridized carbons (Fsp3) is 0.556. The molecule has 0 radical (unpaired) electrons. The summed E-state index contributed by atoms with van der Waals surface area (Å²) >= 11 is 0. The normalized spacial score (nSPS) is 21.3. The van der Waals surface area contributed by atoms with Crippen LogP contribution in [0, 0.1) is 17.2 Å². The van der Waals surface area contributed by atoms with Gasteiger partial charge in [0.1, 0.15) is 5.82 Å². The monoisotopic (exact) mass is 333 g/mol. The molecule has 3 rings (SSSR count). The highest BCUT2D eigenvalue weighted by atomic mass is 19.1. The number of piperidine rings is 1. The van der Waals surface area contributed by atoms with Crippen LogP contribution in [0.2, 0.25) is 0 Å². The maximum Gasteiger partial charge on any atom is 0.224 e. The van der Waals surface area contributed by atoms with Gasteiger partial charge in [-0.1, -0.05) is 12.1 Å². The van der Waals surface area contributed by atoms with Crippen molar-refractivity contribution in [1.29, 1.82) is 0 Å². The number of carbonyl (C=O) groups excluding carboxylic acids is 2. The van der Waals surface area contributed by atoms with E-state index < -0.39 is 0 Å². The number of carbonyl (C=O) groups is 2. The number of amides is 2. The van der Waals surface area contributed by atoms with Gasteiger partial charge in [0.25, 0.3) is 0 Å². The van der Waals surface area contributed by atoms with Crippen LogP contribution in [0.4, 0.5) is 4.39 Å². The largest absolute Gasteiger partial charge is 0.354 e. The van der Waals surface area contributed by atoms with E-state index >= 15 is 0 Å². The van der Waals surface area contributed by atoms with Gasteiger partial charge in [0.05, 0.1) is 6.42 Å². The smallest absolute Gasteiger partial charge is 0.224 e. The van der Waals surface area contributed by atoms with E-state index in [2.05, 4.69) is 16.0 Å². The molecule has 1 aliphatic heterocycles. The van der Waals surface area contributed by atoms with E-state index in [0.717, 1.165) is 32.4 Å². The molecule has 1 saturated heterocycles. The van der Waals surface area contributed by atoms with Gasteiger partial charge in [0, 0.05) is 19.0 Å². The van der Waals surface area contributed by atoms with Crippen molar-refractivity contribution >= 4 is 11.8 Å². The molecule has 1 saturated carbocycles. The zero-order chi connectivity index (χ0) is 17.0. The number of rotatable bonds is 6. The Bertz CT molecular complexity index is 614. The van der Waals surface area contributed by atoms with E-state index in [0.29, 0.717) is 18.7 Å². The van der Waals surface area contributed by atoms with Gasteiger partial charge in [-0.15, -0.1) is 0 Å². The van der Waals surface area contributed by atoms with Crippen molar-refractivity contribution in [2.24, 2.45) is 11.3 Å². The second-order valence-electron chi connectivity index (χ2n) is 6.82. The number of hydrogen-bond acceptors (Lipinski definition) is 3. The highest BCUT2D eigenvalue weighted by Crippen LogP contribution is 2.58. The number of benzene rings is 1. The maximum absolute atomic E-state index is 13.1. The van der Waals surface area contributed by atoms with Crippen LogP contribution in [0.3, 0.4) is 0 Å². The van der Waals surface area contributed by atoms with Crippen LogP contribution >= 0.6 is 0 Å². The zero-order valence-electron chi connectivity index (χ0n) is 13.7. The Hall–Kier alpha value is -1.95. The molecule has 3 N–H and O–H groups in total. The fourth-order valence-corrected chi connectivity index (χ4v) is 3.60. The van der Waals surface area contributed by atoms with E-state index in [-0.39, 0.29) is 35.4 Å². The molecule has 2 fully saturated rings. The topological polar surface area (TPSA) is 70.2 Å². The number of nitrogens with one attached hydrogen (secondary N) is 3. The minimum Gasteiger partial charge on any atom is -0.354 e. The van der Waals surface area contributed by atoms with Gasteiger partial charge >= 0.3 is 0 Å². The molecule has 6 heteroatoms. The van der Waals surface area contributed by atoms with Gasteiger partial charge in [0.15, 0.2) is 0 Å². The summed E-state index contributed by atoms with van der Waals surface area (Å²) in [6.45, 7) is 2.82. The van der Waals surface area contributed by atoms with E-state index in [1.807, 2.05) is 0 Å². The Kier molecular flexibility index (Phi) is 5.14. The van der Waals surface area contributed by atoms with Crippen molar-refractivity contribution in [3.8, 4) is 0 Å². The molecule has 24 heavy (non-hydrogen) atoms. The third-order valence-electron chi connectivity index (χ3n) is 5.11. The van der Waals surface area contributed by atoms with Gasteiger partial charge in [0.2, 0.25) is 11.8 Å². The molecule has 130 valence electrons. The molecule has 5 nitrogen and oxygen atoms in total. The third kappa shape index (κ3) is 4.12. The van der Waals surface area contributed by atoms with Crippen LogP contribution in [0.5, 0.6) is 0 Å². The summed E-state index contributed by atoms with van der Waals surface area (Å²) in [6, 6.07) is 6.01. The molecule has 1 aromatic carbocycles. The number of halogens is 1. The number of hydrogen-bond donors (Lipinski definition) is 3. The van der Waals surface area contributed by atoms with Crippen LogP contribution in [-0.4, -0.2) is 38.0 Å². The first-order valence-corrected chi connectivity index (χ1v) is 8.59. The lowest BCUT2D eigenvalue weighted by molar-refractivity contribution is -0.124. The molecule has 1 atom stereocenters. The lowest BCUT2D eigenvalue weighted by Crippen LogP contribution is -2.38. The molecule has 1 unspecified atom stereocenters. The Morgan fingerprint density at radius 1 is 1.21 bits per heavy atom. The van der Waals surface area contributed by atoms with Crippen molar-refractivity contribution in [2.45, 2.75) is 25.7 Å². The van der Waals surface area contributed by atoms with Gasteiger partial charge in [-0.25, -0.2) is 4.39 Å². The fourth-order valence-electron chi connectivity index (χ4n) is 3.60. The summed E-state index contributed by atoms with van der Waals surface area (Å²) in [5.41, 5.74) is 0.873. The Morgan fingerprint density at radius 3 is 2.71 bits per heavy atom. The second-order valence-corrected chi connectivity index (χ2v) is 6.82. The average Bonchev–Trinajstić information content (AvgIpc) is 3.25. The van der Waals surface area contributed by atoms with Crippen LogP contribution in [0.15, 0.2) is 24.3 Å². The molecule has 1 aliphatic carbocycles. The van der Waals surface area contributed by atoms with E-state index in [1.54, 1.807) is 12.1 Å². The first-order valence-electron chi connectivity index (χ1n) is 8.59. The molecule has 0 aromatic heterocycles. The third-order valence-corrected chi connectivity index (χ3v) is 5.11. The van der Waals surface area contributed by atoms with E-state index in [1.165, 1.54) is 12.1 Å². The minimum atomic E-state index is -0.344. The average molecular weight is 333 g/mol. The summed E-state index contributed by atoms with van der Waals surface area (Å²) < 4.78 is 13.1. The van der Waals surface area contributed by atoms with Crippen LogP contribution in [0.25, 0.3) is 0 Å². The minimum absolute atomic E-state index is 0.108. The predicted octanol–water partition coefficient (Wildman–Crippen LogP) is 0.990. The van der Waals surface area contributed by atoms with Gasteiger partial charge in [-0.05, 0) is 55.5 Å². The summed E-state index contributed by atoms with van der Waals surface area (Å²) in [7, 11) is 0. The predicted molar refractivity (Wildman–Crippen MR) is 88.8 cm³/mol. The molecule has 1 heterocycles. The van der Waals surface area contributed by atoms with Crippen molar-refractivity contribution in [2.75, 3.05) is 26.2 Å². The molecule has 1 aromatic rings. The molecular weight excluding hydrogens is 309 g/mol. The Balaban J connectivity index is 1.32. The lowest BCUT2D eigenvalue weighted by atomic mass is 9.92. The van der Waals surface area contributed by atoms with Crippen molar-refractivity contribution in [3.05, 3.63) is 35.6 Å². The standard InChI is InChI=1S/C18H24FN3O2/c19-14-3-1-2-13(10-14)11-16(23)21-8-9-22-17(24)15-12-18(15)4-6-20-7-5-18/h1-3,10,15,20H,4-9,11-12H2,(H,21,23)(H,22,24). The summed E-state index contributed by atoms with van der Waals surface area (Å²) in [4.78, 5) is 24.0. The Morgan fingerprint density at radius 2 is 1.96 bits per heavy atom. The van der Waals surface area contributed by atoms with Crippen molar-refractivity contribution in [3.63, 3.8) is 0 Å². The molecule has 1 spiro atoms. The van der Waals surface area contributed by atoms with Crippen molar-refractivity contribution in [1.82, 2.24) is 16.0 Å². The first kappa shape index (κ1) is 16.9. The van der Waals surface area contributed by atoms with Crippen LogP contribution < -0.4 is 16.0 Å². The highest BCUT2D eigenvalue weighted by Gasteiger charge is 2.57. The van der Waals surface area contributed by atoms with Gasteiger partial charge in [-0.2, -0.15) is 0 Å². The molecule has 2 amide bonds. The van der Waals surface area contributed by atoms with Crippen LogP contribution in [0.1, 0.15) is 24.8 Å². The van der Waals surface area contributed by atoms with E-state index in [4.69, 9.17) is 0 Å². The first-order chi connectivity index (χ1) is 11.6. The van der Waals surface area contributed by atoms with Gasteiger partial charge < -0.3 is 16.0 Å². The summed E-state index contributed by atoms with van der Waals surface area (Å²) in [5, 5.41) is 8.99. The maximum atomic E-state index is 13.1. The molecule has 0 bridgehead atoms.